The van der Waals surface area contributed by atoms with Gasteiger partial charge in [0.2, 0.25) is 0 Å². The molecule has 0 aliphatic rings. The summed E-state index contributed by atoms with van der Waals surface area (Å²) in [5.41, 5.74) is 8.32. The fourth-order valence-corrected chi connectivity index (χ4v) is 6.56. The summed E-state index contributed by atoms with van der Waals surface area (Å²) in [4.78, 5) is 0. The summed E-state index contributed by atoms with van der Waals surface area (Å²) in [6.45, 7) is 3.24. The predicted molar refractivity (Wildman–Crippen MR) is 190 cm³/mol. The van der Waals surface area contributed by atoms with Crippen LogP contribution in [-0.2, 0) is 13.0 Å². The number of benzene rings is 5. The highest BCUT2D eigenvalue weighted by Gasteiger charge is 2.31. The van der Waals surface area contributed by atoms with Gasteiger partial charge in [0, 0.05) is 17.7 Å². The topological polar surface area (TPSA) is 3.88 Å². The molecule has 0 saturated heterocycles. The summed E-state index contributed by atoms with van der Waals surface area (Å²) in [6, 6.07) is 58.6. The number of aromatic nitrogens is 1. The van der Waals surface area contributed by atoms with Crippen LogP contribution < -0.4 is 26.4 Å². The Bertz CT molecular complexity index is 1470. The molecule has 0 bridgehead atoms. The van der Waals surface area contributed by atoms with Crippen molar-refractivity contribution in [3.63, 3.8) is 0 Å². The summed E-state index contributed by atoms with van der Waals surface area (Å²) in [6.07, 6.45) is 9.59. The predicted octanol–water partition coefficient (Wildman–Crippen LogP) is 7.21. The summed E-state index contributed by atoms with van der Waals surface area (Å²) in [7, 11) is 0. The minimum absolute atomic E-state index is 0.977. The zero-order valence-corrected chi connectivity index (χ0v) is 26.0. The van der Waals surface area contributed by atoms with E-state index >= 15 is 0 Å². The molecule has 0 aliphatic heterocycles. The van der Waals surface area contributed by atoms with Gasteiger partial charge in [-0.05, 0) is 18.4 Å². The van der Waals surface area contributed by atoms with E-state index in [0.29, 0.717) is 0 Å². The molecule has 44 heavy (non-hydrogen) atoms. The average molecular weight is 574 g/mol. The van der Waals surface area contributed by atoms with Crippen LogP contribution in [0.2, 0.25) is 0 Å². The minimum atomic E-state index is -1.22. The highest BCUT2D eigenvalue weighted by Crippen LogP contribution is 2.13. The van der Waals surface area contributed by atoms with Crippen LogP contribution in [0.4, 0.5) is 0 Å². The second kappa shape index (κ2) is 16.2. The van der Waals surface area contributed by atoms with Crippen molar-refractivity contribution < 1.29 is 4.57 Å². The van der Waals surface area contributed by atoms with E-state index in [1.54, 1.807) is 0 Å². The standard InChI is InChI=1S/C24H20B.C18H24N/c1-5-13-21(14-6-1)25(22-15-7-2-8-16-22,23-17-9-3-10-18-23)24-19-11-4-12-20-24;1-2-3-4-6-11-17-12-7-8-13-18(17)16-19-14-9-5-10-15-19/h1-20H;5,7-10,12-15H,2-4,6,11,16H2,1H3/q-1;+1. The van der Waals surface area contributed by atoms with Gasteiger partial charge in [-0.3, -0.25) is 0 Å². The van der Waals surface area contributed by atoms with Gasteiger partial charge in [-0.2, -0.15) is 21.9 Å². The lowest BCUT2D eigenvalue weighted by molar-refractivity contribution is -0.688. The summed E-state index contributed by atoms with van der Waals surface area (Å²) >= 11 is 0. The van der Waals surface area contributed by atoms with E-state index in [0.717, 1.165) is 6.54 Å². The van der Waals surface area contributed by atoms with E-state index < -0.39 is 6.15 Å². The minimum Gasteiger partial charge on any atom is -0.201 e. The van der Waals surface area contributed by atoms with Gasteiger partial charge >= 0.3 is 0 Å². The molecule has 1 nitrogen and oxygen atoms in total. The molecule has 1 heterocycles. The molecule has 0 spiro atoms. The van der Waals surface area contributed by atoms with Crippen LogP contribution in [0.15, 0.2) is 176 Å². The van der Waals surface area contributed by atoms with Crippen LogP contribution in [0, 0.1) is 0 Å². The highest BCUT2D eigenvalue weighted by atomic mass is 14.9. The summed E-state index contributed by atoms with van der Waals surface area (Å²) in [5.74, 6) is 0. The second-order valence-corrected chi connectivity index (χ2v) is 11.6. The first-order valence-corrected chi connectivity index (χ1v) is 16.2. The van der Waals surface area contributed by atoms with Crippen molar-refractivity contribution >= 4 is 28.0 Å². The van der Waals surface area contributed by atoms with E-state index in [4.69, 9.17) is 0 Å². The number of aryl methyl sites for hydroxylation is 1. The molecule has 6 aromatic rings. The number of hydrogen-bond donors (Lipinski definition) is 0. The molecule has 0 amide bonds. The first-order valence-electron chi connectivity index (χ1n) is 16.2. The first-order chi connectivity index (χ1) is 21.8. The smallest absolute Gasteiger partial charge is 0.174 e. The van der Waals surface area contributed by atoms with Crippen molar-refractivity contribution in [2.24, 2.45) is 0 Å². The van der Waals surface area contributed by atoms with Gasteiger partial charge in [0.15, 0.2) is 18.9 Å². The number of unbranched alkanes of at least 4 members (excludes halogenated alkanes) is 3. The lowest BCUT2D eigenvalue weighted by atomic mass is 9.13. The zero-order chi connectivity index (χ0) is 30.3. The monoisotopic (exact) mass is 573 g/mol. The molecule has 2 heteroatoms. The van der Waals surface area contributed by atoms with Crippen LogP contribution in [0.5, 0.6) is 0 Å². The third-order valence-electron chi connectivity index (χ3n) is 8.75. The lowest BCUT2D eigenvalue weighted by Gasteiger charge is -2.44. The van der Waals surface area contributed by atoms with Crippen LogP contribution >= 0.6 is 0 Å². The van der Waals surface area contributed by atoms with E-state index in [1.165, 1.54) is 65.1 Å². The maximum atomic E-state index is 2.28. The maximum Gasteiger partial charge on any atom is 0.174 e. The Kier molecular flexibility index (Phi) is 11.4. The number of hydrogen-bond acceptors (Lipinski definition) is 0. The van der Waals surface area contributed by atoms with Gasteiger partial charge in [-0.25, -0.2) is 4.57 Å². The molecule has 0 aliphatic carbocycles. The van der Waals surface area contributed by atoms with Crippen LogP contribution in [-0.4, -0.2) is 6.15 Å². The molecule has 220 valence electrons. The fourth-order valence-electron chi connectivity index (χ4n) is 6.56. The second-order valence-electron chi connectivity index (χ2n) is 11.6. The molecular formula is C42H44BN. The van der Waals surface area contributed by atoms with Crippen molar-refractivity contribution in [2.45, 2.75) is 45.6 Å². The third kappa shape index (κ3) is 7.63. The van der Waals surface area contributed by atoms with E-state index in [1.807, 2.05) is 0 Å². The summed E-state index contributed by atoms with van der Waals surface area (Å²) < 4.78 is 2.24. The number of rotatable bonds is 11. The molecule has 0 saturated carbocycles. The SMILES string of the molecule is CCCCCCc1ccccc1C[n+]1ccccc1.c1ccc([B-](c2ccccc2)(c2ccccc2)c2ccccc2)cc1. The number of pyridine rings is 1. The first kappa shape index (κ1) is 30.8. The molecule has 6 rings (SSSR count). The van der Waals surface area contributed by atoms with Crippen molar-refractivity contribution in [1.29, 1.82) is 0 Å². The Labute approximate surface area is 264 Å². The maximum absolute atomic E-state index is 2.28. The molecule has 0 radical (unpaired) electrons. The molecule has 0 fully saturated rings. The molecule has 0 atom stereocenters. The Hall–Kier alpha value is -4.69. The quantitative estimate of drug-likeness (QED) is 0.0876. The van der Waals surface area contributed by atoms with Gasteiger partial charge < -0.3 is 0 Å². The Morgan fingerprint density at radius 1 is 0.409 bits per heavy atom. The van der Waals surface area contributed by atoms with Gasteiger partial charge in [-0.15, -0.1) is 0 Å². The van der Waals surface area contributed by atoms with Crippen molar-refractivity contribution in [3.05, 3.63) is 187 Å². The van der Waals surface area contributed by atoms with Crippen molar-refractivity contribution in [2.75, 3.05) is 0 Å². The van der Waals surface area contributed by atoms with Gasteiger partial charge in [-0.1, -0.05) is 178 Å². The largest absolute Gasteiger partial charge is 0.201 e. The van der Waals surface area contributed by atoms with Crippen molar-refractivity contribution in [3.8, 4) is 0 Å². The Balaban J connectivity index is 0.000000182. The number of nitrogens with zero attached hydrogens (tertiary/aromatic N) is 1. The van der Waals surface area contributed by atoms with Gasteiger partial charge in [0.1, 0.15) is 6.15 Å². The van der Waals surface area contributed by atoms with Gasteiger partial charge in [0.05, 0.1) is 0 Å². The molecule has 0 N–H and O–H groups in total. The molecule has 5 aromatic carbocycles. The zero-order valence-electron chi connectivity index (χ0n) is 26.0. The average Bonchev–Trinajstić information content (AvgIpc) is 3.10. The highest BCUT2D eigenvalue weighted by molar-refractivity contribution is 7.19. The lowest BCUT2D eigenvalue weighted by Crippen LogP contribution is -2.74. The molecular weight excluding hydrogens is 529 g/mol. The summed E-state index contributed by atoms with van der Waals surface area (Å²) in [5, 5.41) is 0. The Morgan fingerprint density at radius 2 is 0.795 bits per heavy atom. The Morgan fingerprint density at radius 3 is 1.23 bits per heavy atom. The molecule has 0 unspecified atom stereocenters. The fraction of sp³-hybridized carbons (Fsp3) is 0.167. The van der Waals surface area contributed by atoms with E-state index in [2.05, 4.69) is 188 Å². The van der Waals surface area contributed by atoms with Crippen LogP contribution in [0.25, 0.3) is 0 Å². The van der Waals surface area contributed by atoms with Gasteiger partial charge in [0.25, 0.3) is 0 Å². The van der Waals surface area contributed by atoms with Crippen LogP contribution in [0.3, 0.4) is 0 Å². The van der Waals surface area contributed by atoms with Crippen molar-refractivity contribution in [1.82, 2.24) is 0 Å². The van der Waals surface area contributed by atoms with Crippen LogP contribution in [0.1, 0.15) is 43.7 Å². The van der Waals surface area contributed by atoms with E-state index in [-0.39, 0.29) is 0 Å². The third-order valence-corrected chi connectivity index (χ3v) is 8.75. The normalized spacial score (nSPS) is 10.9. The van der Waals surface area contributed by atoms with E-state index in [9.17, 15) is 0 Å². The molecule has 1 aromatic heterocycles.